The molecule has 9 heteroatoms. The van der Waals surface area contributed by atoms with Crippen LogP contribution in [0, 0.1) is 11.8 Å². The number of aliphatic hydroxyl groups excluding tert-OH is 1. The largest absolute Gasteiger partial charge is 0.395 e. The summed E-state index contributed by atoms with van der Waals surface area (Å²) in [5.74, 6) is -1.79. The van der Waals surface area contributed by atoms with E-state index in [-0.39, 0.29) is 41.0 Å². The van der Waals surface area contributed by atoms with Gasteiger partial charge in [0.25, 0.3) is 0 Å². The Morgan fingerprint density at radius 3 is 2.55 bits per heavy atom. The molecule has 3 aliphatic rings. The van der Waals surface area contributed by atoms with Gasteiger partial charge in [0.05, 0.1) is 23.2 Å². The number of amides is 3. The van der Waals surface area contributed by atoms with Crippen molar-refractivity contribution in [1.29, 1.82) is 0 Å². The van der Waals surface area contributed by atoms with Crippen LogP contribution in [0.1, 0.15) is 27.2 Å². The van der Waals surface area contributed by atoms with Gasteiger partial charge >= 0.3 is 0 Å². The van der Waals surface area contributed by atoms with Crippen molar-refractivity contribution in [3.8, 4) is 0 Å². The topological polar surface area (TPSA) is 98.7 Å². The SMILES string of the molecule is CC(C)(C)NC(=O)C1N(CCO)C(=O)[C@@H]2[C@H](C(=O)Nc3ccccc3)[C@H]3SC12CC3Br. The second-order valence-corrected chi connectivity index (χ2v) is 12.2. The quantitative estimate of drug-likeness (QED) is 0.527. The van der Waals surface area contributed by atoms with Gasteiger partial charge in [0, 0.05) is 27.8 Å². The summed E-state index contributed by atoms with van der Waals surface area (Å²) in [4.78, 5) is 41.8. The van der Waals surface area contributed by atoms with Gasteiger partial charge in [-0.3, -0.25) is 14.4 Å². The maximum atomic E-state index is 13.5. The number of nitrogens with zero attached hydrogens (tertiary/aromatic N) is 1. The third-order valence-corrected chi connectivity index (χ3v) is 9.44. The van der Waals surface area contributed by atoms with Crippen LogP contribution < -0.4 is 10.6 Å². The second-order valence-electron chi connectivity index (χ2n) is 9.51. The Labute approximate surface area is 194 Å². The number of likely N-dealkylation sites (tertiary alicyclic amines) is 1. The first-order valence-corrected chi connectivity index (χ1v) is 12.3. The molecule has 3 heterocycles. The predicted octanol–water partition coefficient (Wildman–Crippen LogP) is 2.00. The van der Waals surface area contributed by atoms with Crippen LogP contribution in [0.15, 0.2) is 30.3 Å². The number of carbonyl (C=O) groups excluding carboxylic acids is 3. The van der Waals surface area contributed by atoms with Crippen molar-refractivity contribution in [1.82, 2.24) is 10.2 Å². The average molecular weight is 510 g/mol. The van der Waals surface area contributed by atoms with Crippen molar-refractivity contribution in [2.45, 2.75) is 53.6 Å². The third-order valence-electron chi connectivity index (χ3n) is 6.22. The van der Waals surface area contributed by atoms with E-state index in [4.69, 9.17) is 0 Å². The highest BCUT2D eigenvalue weighted by Gasteiger charge is 2.75. The van der Waals surface area contributed by atoms with E-state index in [1.54, 1.807) is 11.8 Å². The number of anilines is 1. The zero-order chi connectivity index (χ0) is 22.6. The predicted molar refractivity (Wildman–Crippen MR) is 124 cm³/mol. The summed E-state index contributed by atoms with van der Waals surface area (Å²) in [5.41, 5.74) is 0.221. The molecule has 7 nitrogen and oxygen atoms in total. The molecule has 0 saturated carbocycles. The summed E-state index contributed by atoms with van der Waals surface area (Å²) in [6.45, 7) is 5.53. The lowest BCUT2D eigenvalue weighted by Crippen LogP contribution is -2.57. The Morgan fingerprint density at radius 1 is 1.26 bits per heavy atom. The van der Waals surface area contributed by atoms with Crippen molar-refractivity contribution in [2.75, 3.05) is 18.5 Å². The number of aliphatic hydroxyl groups is 1. The van der Waals surface area contributed by atoms with Gasteiger partial charge in [0.2, 0.25) is 17.7 Å². The Bertz CT molecular complexity index is 892. The van der Waals surface area contributed by atoms with Gasteiger partial charge in [0.1, 0.15) is 6.04 Å². The summed E-state index contributed by atoms with van der Waals surface area (Å²) in [6, 6.07) is 8.47. The van der Waals surface area contributed by atoms with Gasteiger partial charge in [-0.25, -0.2) is 0 Å². The maximum Gasteiger partial charge on any atom is 0.244 e. The zero-order valence-electron chi connectivity index (χ0n) is 17.8. The minimum atomic E-state index is -0.721. The lowest BCUT2D eigenvalue weighted by atomic mass is 9.70. The molecule has 3 unspecified atom stereocenters. The Kier molecular flexibility index (Phi) is 5.89. The van der Waals surface area contributed by atoms with Gasteiger partial charge in [-0.15, -0.1) is 11.8 Å². The molecule has 2 bridgehead atoms. The van der Waals surface area contributed by atoms with E-state index >= 15 is 0 Å². The molecule has 3 aliphatic heterocycles. The molecule has 3 N–H and O–H groups in total. The molecular weight excluding hydrogens is 482 g/mol. The van der Waals surface area contributed by atoms with E-state index in [1.807, 2.05) is 51.1 Å². The van der Waals surface area contributed by atoms with Crippen molar-refractivity contribution < 1.29 is 19.5 Å². The number of hydrogen-bond donors (Lipinski definition) is 3. The van der Waals surface area contributed by atoms with Crippen molar-refractivity contribution in [2.24, 2.45) is 11.8 Å². The molecule has 0 radical (unpaired) electrons. The zero-order valence-corrected chi connectivity index (χ0v) is 20.2. The first kappa shape index (κ1) is 22.6. The minimum absolute atomic E-state index is 0.0205. The maximum absolute atomic E-state index is 13.5. The van der Waals surface area contributed by atoms with Crippen molar-refractivity contribution >= 4 is 51.1 Å². The lowest BCUT2D eigenvalue weighted by Gasteiger charge is -2.36. The number of hydrogen-bond acceptors (Lipinski definition) is 5. The van der Waals surface area contributed by atoms with Gasteiger partial charge in [-0.1, -0.05) is 34.1 Å². The molecule has 168 valence electrons. The van der Waals surface area contributed by atoms with Crippen LogP contribution in [0.5, 0.6) is 0 Å². The van der Waals surface area contributed by atoms with E-state index < -0.39 is 28.2 Å². The molecular formula is C22H28BrN3O4S. The normalized spacial score (nSPS) is 34.0. The molecule has 6 atom stereocenters. The molecule has 0 aromatic heterocycles. The molecule has 3 saturated heterocycles. The number of carbonyl (C=O) groups is 3. The number of para-hydroxylation sites is 1. The van der Waals surface area contributed by atoms with E-state index in [0.717, 1.165) is 0 Å². The number of β-amino-alcohol motifs (C(OH)–C–C–N with tert-alkyl or cyclic N) is 1. The van der Waals surface area contributed by atoms with Crippen LogP contribution in [0.3, 0.4) is 0 Å². The molecule has 1 aromatic rings. The molecule has 3 fully saturated rings. The van der Waals surface area contributed by atoms with Gasteiger partial charge < -0.3 is 20.6 Å². The number of rotatable bonds is 5. The summed E-state index contributed by atoms with van der Waals surface area (Å²) in [7, 11) is 0. The number of fused-ring (bicyclic) bond motifs is 1. The average Bonchev–Trinajstić information content (AvgIpc) is 3.25. The summed E-state index contributed by atoms with van der Waals surface area (Å²) in [5, 5.41) is 15.5. The number of alkyl halides is 1. The van der Waals surface area contributed by atoms with Gasteiger partial charge in [0.15, 0.2) is 0 Å². The highest BCUT2D eigenvalue weighted by atomic mass is 79.9. The molecule has 1 spiro atoms. The Morgan fingerprint density at radius 2 is 1.94 bits per heavy atom. The molecule has 1 aromatic carbocycles. The highest BCUT2D eigenvalue weighted by molar-refractivity contribution is 9.09. The van der Waals surface area contributed by atoms with E-state index in [2.05, 4.69) is 26.6 Å². The van der Waals surface area contributed by atoms with Gasteiger partial charge in [-0.2, -0.15) is 0 Å². The van der Waals surface area contributed by atoms with E-state index in [0.29, 0.717) is 12.1 Å². The van der Waals surface area contributed by atoms with Crippen LogP contribution in [-0.2, 0) is 14.4 Å². The Hall–Kier alpha value is -1.58. The highest BCUT2D eigenvalue weighted by Crippen LogP contribution is 2.67. The number of thioether (sulfide) groups is 1. The smallest absolute Gasteiger partial charge is 0.244 e. The molecule has 31 heavy (non-hydrogen) atoms. The summed E-state index contributed by atoms with van der Waals surface area (Å²) >= 11 is 5.31. The van der Waals surface area contributed by atoms with Gasteiger partial charge in [-0.05, 0) is 39.3 Å². The molecule has 0 aliphatic carbocycles. The summed E-state index contributed by atoms with van der Waals surface area (Å²) in [6.07, 6.45) is 0.623. The number of benzene rings is 1. The number of nitrogens with one attached hydrogen (secondary N) is 2. The first-order chi connectivity index (χ1) is 14.6. The lowest BCUT2D eigenvalue weighted by molar-refractivity contribution is -0.139. The Balaban J connectivity index is 1.70. The van der Waals surface area contributed by atoms with Crippen LogP contribution in [-0.4, -0.2) is 67.3 Å². The van der Waals surface area contributed by atoms with Crippen LogP contribution in [0.2, 0.25) is 0 Å². The standard InChI is InChI=1S/C22H28BrN3O4S/c1-21(2,3)25-19(29)17-22-11-13(23)16(31-22)14(15(22)20(30)26(17)9-10-27)18(28)24-12-7-5-4-6-8-12/h4-8,13-17,27H,9-11H2,1-3H3,(H,24,28)(H,25,29)/t13?,14-,15-,16-,17?,22?/m0/s1. The fourth-order valence-electron chi connectivity index (χ4n) is 5.26. The minimum Gasteiger partial charge on any atom is -0.395 e. The first-order valence-electron chi connectivity index (χ1n) is 10.5. The third kappa shape index (κ3) is 3.78. The monoisotopic (exact) mass is 509 g/mol. The van der Waals surface area contributed by atoms with Crippen molar-refractivity contribution in [3.63, 3.8) is 0 Å². The van der Waals surface area contributed by atoms with E-state index in [1.165, 1.54) is 4.90 Å². The fraction of sp³-hybridized carbons (Fsp3) is 0.591. The fourth-order valence-corrected chi connectivity index (χ4v) is 8.88. The van der Waals surface area contributed by atoms with Crippen molar-refractivity contribution in [3.05, 3.63) is 30.3 Å². The molecule has 4 rings (SSSR count). The van der Waals surface area contributed by atoms with Crippen LogP contribution in [0.25, 0.3) is 0 Å². The number of halogens is 1. The second kappa shape index (κ2) is 8.08. The van der Waals surface area contributed by atoms with E-state index in [9.17, 15) is 19.5 Å². The summed E-state index contributed by atoms with van der Waals surface area (Å²) < 4.78 is -0.695. The van der Waals surface area contributed by atoms with Crippen LogP contribution >= 0.6 is 27.7 Å². The molecule has 3 amide bonds. The van der Waals surface area contributed by atoms with Crippen LogP contribution in [0.4, 0.5) is 5.69 Å².